The maximum atomic E-state index is 4.32. The number of aryl methyl sites for hydroxylation is 1. The zero-order chi connectivity index (χ0) is 13.1. The number of nitrogens with one attached hydrogen (secondary N) is 1. The lowest BCUT2D eigenvalue weighted by atomic mass is 10.1. The molecule has 0 aliphatic carbocycles. The Morgan fingerprint density at radius 3 is 2.94 bits per heavy atom. The van der Waals surface area contributed by atoms with Gasteiger partial charge < -0.3 is 10.2 Å². The molecule has 1 aliphatic rings. The smallest absolute Gasteiger partial charge is 0.0798 e. The third kappa shape index (κ3) is 3.29. The van der Waals surface area contributed by atoms with Gasteiger partial charge in [0.15, 0.2) is 0 Å². The number of likely N-dealkylation sites (N-methyl/N-ethyl adjacent to an activating group) is 2. The Bertz CT molecular complexity index is 379. The Balaban J connectivity index is 1.85. The van der Waals surface area contributed by atoms with Crippen LogP contribution in [0.3, 0.4) is 0 Å². The number of aromatic nitrogens is 1. The summed E-state index contributed by atoms with van der Waals surface area (Å²) < 4.78 is 0. The molecule has 1 fully saturated rings. The van der Waals surface area contributed by atoms with Crippen LogP contribution in [0.4, 0.5) is 0 Å². The van der Waals surface area contributed by atoms with Crippen LogP contribution in [-0.2, 0) is 0 Å². The molecule has 0 spiro atoms. The van der Waals surface area contributed by atoms with E-state index in [0.717, 1.165) is 25.3 Å². The Hall–Kier alpha value is -0.490. The number of thiazole rings is 1. The Kier molecular flexibility index (Phi) is 4.72. The largest absolute Gasteiger partial charge is 0.308 e. The van der Waals surface area contributed by atoms with E-state index in [4.69, 9.17) is 0 Å². The van der Waals surface area contributed by atoms with Gasteiger partial charge in [-0.15, -0.1) is 11.3 Å². The molecular weight excluding hydrogens is 244 g/mol. The van der Waals surface area contributed by atoms with Crippen LogP contribution in [0.25, 0.3) is 0 Å². The van der Waals surface area contributed by atoms with Gasteiger partial charge in [0.05, 0.1) is 11.2 Å². The maximum absolute atomic E-state index is 4.32. The fourth-order valence-electron chi connectivity index (χ4n) is 2.45. The molecule has 1 aliphatic heterocycles. The summed E-state index contributed by atoms with van der Waals surface area (Å²) >= 11 is 1.75. The van der Waals surface area contributed by atoms with E-state index in [2.05, 4.69) is 48.0 Å². The average molecular weight is 268 g/mol. The first kappa shape index (κ1) is 13.9. The molecule has 2 unspecified atom stereocenters. The molecule has 4 nitrogen and oxygen atoms in total. The van der Waals surface area contributed by atoms with Crippen molar-refractivity contribution in [2.24, 2.45) is 0 Å². The minimum Gasteiger partial charge on any atom is -0.308 e. The molecule has 0 saturated carbocycles. The van der Waals surface area contributed by atoms with Crippen LogP contribution in [-0.4, -0.2) is 61.1 Å². The highest BCUT2D eigenvalue weighted by molar-refractivity contribution is 7.09. The van der Waals surface area contributed by atoms with Gasteiger partial charge in [-0.2, -0.15) is 0 Å². The molecule has 5 heteroatoms. The standard InChI is InChI=1S/C13H24N4S/c1-10(13-11(2)15-9-18-13)14-7-12-8-16(3)5-6-17(12)4/h9-10,12,14H,5-8H2,1-4H3. The quantitative estimate of drug-likeness (QED) is 0.893. The van der Waals surface area contributed by atoms with E-state index in [1.54, 1.807) is 11.3 Å². The van der Waals surface area contributed by atoms with Crippen molar-refractivity contribution in [1.29, 1.82) is 0 Å². The second-order valence-corrected chi connectivity index (χ2v) is 6.21. The number of nitrogens with zero attached hydrogens (tertiary/aromatic N) is 3. The van der Waals surface area contributed by atoms with Crippen molar-refractivity contribution < 1.29 is 0 Å². The SMILES string of the molecule is Cc1ncsc1C(C)NCC1CN(C)CCN1C. The molecule has 2 rings (SSSR count). The molecule has 0 radical (unpaired) electrons. The Morgan fingerprint density at radius 2 is 2.28 bits per heavy atom. The molecule has 0 bridgehead atoms. The van der Waals surface area contributed by atoms with Crippen LogP contribution in [0.2, 0.25) is 0 Å². The second kappa shape index (κ2) is 6.10. The lowest BCUT2D eigenvalue weighted by Gasteiger charge is -2.38. The molecule has 0 aromatic carbocycles. The van der Waals surface area contributed by atoms with Crippen LogP contribution in [0.1, 0.15) is 23.5 Å². The van der Waals surface area contributed by atoms with E-state index in [0.29, 0.717) is 12.1 Å². The van der Waals surface area contributed by atoms with E-state index in [1.807, 2.05) is 5.51 Å². The molecular formula is C13H24N4S. The molecule has 1 saturated heterocycles. The molecule has 1 aromatic heterocycles. The third-order valence-electron chi connectivity index (χ3n) is 3.82. The van der Waals surface area contributed by atoms with Gasteiger partial charge in [0.2, 0.25) is 0 Å². The molecule has 2 atom stereocenters. The van der Waals surface area contributed by atoms with Crippen molar-refractivity contribution in [2.45, 2.75) is 25.9 Å². The summed E-state index contributed by atoms with van der Waals surface area (Å²) in [6, 6.07) is 1.01. The van der Waals surface area contributed by atoms with Crippen LogP contribution in [0.15, 0.2) is 5.51 Å². The molecule has 2 heterocycles. The van der Waals surface area contributed by atoms with Crippen molar-refractivity contribution in [1.82, 2.24) is 20.1 Å². The maximum Gasteiger partial charge on any atom is 0.0798 e. The minimum atomic E-state index is 0.401. The Morgan fingerprint density at radius 1 is 1.50 bits per heavy atom. The van der Waals surface area contributed by atoms with Crippen LogP contribution >= 0.6 is 11.3 Å². The van der Waals surface area contributed by atoms with Crippen molar-refractivity contribution in [3.63, 3.8) is 0 Å². The highest BCUT2D eigenvalue weighted by Crippen LogP contribution is 2.21. The predicted octanol–water partition coefficient (Wildman–Crippen LogP) is 1.35. The van der Waals surface area contributed by atoms with Crippen molar-refractivity contribution >= 4 is 11.3 Å². The van der Waals surface area contributed by atoms with Gasteiger partial charge in [0.25, 0.3) is 0 Å². The fraction of sp³-hybridized carbons (Fsp3) is 0.769. The van der Waals surface area contributed by atoms with Gasteiger partial charge in [0, 0.05) is 43.1 Å². The zero-order valence-electron chi connectivity index (χ0n) is 11.8. The molecule has 102 valence electrons. The van der Waals surface area contributed by atoms with E-state index in [9.17, 15) is 0 Å². The summed E-state index contributed by atoms with van der Waals surface area (Å²) in [5.41, 5.74) is 3.10. The topological polar surface area (TPSA) is 31.4 Å². The first-order valence-corrected chi connectivity index (χ1v) is 7.48. The van der Waals surface area contributed by atoms with Crippen LogP contribution < -0.4 is 5.32 Å². The highest BCUT2D eigenvalue weighted by atomic mass is 32.1. The predicted molar refractivity (Wildman–Crippen MR) is 77.2 cm³/mol. The minimum absolute atomic E-state index is 0.401. The van der Waals surface area contributed by atoms with Gasteiger partial charge in [-0.1, -0.05) is 0 Å². The fourth-order valence-corrected chi connectivity index (χ4v) is 3.29. The first-order chi connectivity index (χ1) is 8.58. The summed E-state index contributed by atoms with van der Waals surface area (Å²) in [6.07, 6.45) is 0. The zero-order valence-corrected chi connectivity index (χ0v) is 12.6. The molecule has 18 heavy (non-hydrogen) atoms. The number of hydrogen-bond acceptors (Lipinski definition) is 5. The van der Waals surface area contributed by atoms with Gasteiger partial charge >= 0.3 is 0 Å². The van der Waals surface area contributed by atoms with Crippen LogP contribution in [0, 0.1) is 6.92 Å². The lowest BCUT2D eigenvalue weighted by molar-refractivity contribution is 0.112. The van der Waals surface area contributed by atoms with Gasteiger partial charge in [0.1, 0.15) is 0 Å². The van der Waals surface area contributed by atoms with Crippen molar-refractivity contribution in [3.8, 4) is 0 Å². The summed E-state index contributed by atoms with van der Waals surface area (Å²) in [5.74, 6) is 0. The van der Waals surface area contributed by atoms with E-state index in [1.165, 1.54) is 11.4 Å². The van der Waals surface area contributed by atoms with Gasteiger partial charge in [-0.25, -0.2) is 4.98 Å². The first-order valence-electron chi connectivity index (χ1n) is 6.60. The van der Waals surface area contributed by atoms with E-state index < -0.39 is 0 Å². The normalized spacial score (nSPS) is 24.3. The van der Waals surface area contributed by atoms with Gasteiger partial charge in [-0.3, -0.25) is 4.90 Å². The summed E-state index contributed by atoms with van der Waals surface area (Å²) in [7, 11) is 4.43. The second-order valence-electron chi connectivity index (χ2n) is 5.33. The number of rotatable bonds is 4. The third-order valence-corrected chi connectivity index (χ3v) is 4.93. The average Bonchev–Trinajstić information content (AvgIpc) is 2.76. The summed E-state index contributed by atoms with van der Waals surface area (Å²) in [4.78, 5) is 10.6. The van der Waals surface area contributed by atoms with Crippen LogP contribution in [0.5, 0.6) is 0 Å². The molecule has 1 aromatic rings. The van der Waals surface area contributed by atoms with Crippen molar-refractivity contribution in [2.75, 3.05) is 40.3 Å². The number of piperazine rings is 1. The summed E-state index contributed by atoms with van der Waals surface area (Å²) in [6.45, 7) is 8.85. The molecule has 1 N–H and O–H groups in total. The summed E-state index contributed by atoms with van der Waals surface area (Å²) in [5, 5.41) is 3.65. The highest BCUT2D eigenvalue weighted by Gasteiger charge is 2.22. The van der Waals surface area contributed by atoms with E-state index >= 15 is 0 Å². The number of hydrogen-bond donors (Lipinski definition) is 1. The van der Waals surface area contributed by atoms with E-state index in [-0.39, 0.29) is 0 Å². The monoisotopic (exact) mass is 268 g/mol. The lowest BCUT2D eigenvalue weighted by Crippen LogP contribution is -2.53. The Labute approximate surface area is 114 Å². The van der Waals surface area contributed by atoms with Crippen molar-refractivity contribution in [3.05, 3.63) is 16.1 Å². The van der Waals surface area contributed by atoms with Gasteiger partial charge in [-0.05, 0) is 27.9 Å². The molecule has 0 amide bonds.